The van der Waals surface area contributed by atoms with Crippen molar-refractivity contribution in [2.45, 2.75) is 58.2 Å². The molecule has 1 saturated heterocycles. The molecule has 3 rings (SSSR count). The fourth-order valence-corrected chi connectivity index (χ4v) is 3.47. The lowest BCUT2D eigenvalue weighted by Crippen LogP contribution is -2.57. The molecule has 144 valence electrons. The topological polar surface area (TPSA) is 70.5 Å². The lowest BCUT2D eigenvalue weighted by atomic mass is 10.0. The number of hydrogen-bond acceptors (Lipinski definition) is 4. The van der Waals surface area contributed by atoms with Crippen LogP contribution in [0.3, 0.4) is 0 Å². The van der Waals surface area contributed by atoms with Crippen LogP contribution in [0.25, 0.3) is 0 Å². The monoisotopic (exact) mass is 361 g/mol. The number of hydrogen-bond donors (Lipinski definition) is 1. The van der Waals surface area contributed by atoms with Gasteiger partial charge in [-0.15, -0.1) is 0 Å². The van der Waals surface area contributed by atoms with E-state index in [0.717, 1.165) is 38.2 Å². The number of aryl methyl sites for hydroxylation is 1. The Hall–Kier alpha value is -1.89. The molecule has 1 aromatic rings. The zero-order chi connectivity index (χ0) is 18.7. The van der Waals surface area contributed by atoms with Crippen molar-refractivity contribution in [1.82, 2.24) is 24.7 Å². The van der Waals surface area contributed by atoms with Crippen molar-refractivity contribution in [2.24, 2.45) is 13.0 Å². The highest BCUT2D eigenvalue weighted by atomic mass is 16.2. The van der Waals surface area contributed by atoms with Gasteiger partial charge in [0, 0.05) is 38.6 Å². The van der Waals surface area contributed by atoms with E-state index in [9.17, 15) is 9.59 Å². The quantitative estimate of drug-likeness (QED) is 0.754. The van der Waals surface area contributed by atoms with Gasteiger partial charge in [0.25, 0.3) is 0 Å². The van der Waals surface area contributed by atoms with Crippen LogP contribution in [-0.4, -0.2) is 62.9 Å². The minimum absolute atomic E-state index is 0.0129. The number of aromatic nitrogens is 2. The molecule has 2 heterocycles. The van der Waals surface area contributed by atoms with Gasteiger partial charge in [0.2, 0.25) is 11.8 Å². The summed E-state index contributed by atoms with van der Waals surface area (Å²) < 4.78 is 1.95. The second-order valence-corrected chi connectivity index (χ2v) is 7.94. The third-order valence-corrected chi connectivity index (χ3v) is 5.34. The number of amides is 2. The molecular formula is C19H31N5O2. The van der Waals surface area contributed by atoms with E-state index in [1.54, 1.807) is 6.20 Å². The molecule has 0 spiro atoms. The Morgan fingerprint density at radius 1 is 1.42 bits per heavy atom. The average Bonchev–Trinajstić information content (AvgIpc) is 3.35. The van der Waals surface area contributed by atoms with Gasteiger partial charge in [-0.1, -0.05) is 13.8 Å². The lowest BCUT2D eigenvalue weighted by Gasteiger charge is -2.36. The SMILES string of the molecule is CC(C)CCN1CCNC(=O)[C@H]1CC(=O)N(Cc1nccn1C)C1CC1. The van der Waals surface area contributed by atoms with Crippen molar-refractivity contribution in [2.75, 3.05) is 19.6 Å². The van der Waals surface area contributed by atoms with Crippen LogP contribution in [-0.2, 0) is 23.2 Å². The predicted molar refractivity (Wildman–Crippen MR) is 99.2 cm³/mol. The zero-order valence-corrected chi connectivity index (χ0v) is 16.1. The van der Waals surface area contributed by atoms with Crippen molar-refractivity contribution in [3.05, 3.63) is 18.2 Å². The summed E-state index contributed by atoms with van der Waals surface area (Å²) in [7, 11) is 1.94. The van der Waals surface area contributed by atoms with E-state index in [2.05, 4.69) is 29.0 Å². The number of imidazole rings is 1. The Labute approximate surface area is 155 Å². The molecular weight excluding hydrogens is 330 g/mol. The summed E-state index contributed by atoms with van der Waals surface area (Å²) in [5.41, 5.74) is 0. The number of carbonyl (C=O) groups excluding carboxylic acids is 2. The van der Waals surface area contributed by atoms with Crippen LogP contribution in [0, 0.1) is 5.92 Å². The lowest BCUT2D eigenvalue weighted by molar-refractivity contribution is -0.139. The number of rotatable bonds is 8. The van der Waals surface area contributed by atoms with E-state index in [4.69, 9.17) is 0 Å². The molecule has 1 saturated carbocycles. The van der Waals surface area contributed by atoms with Gasteiger partial charge in [-0.25, -0.2) is 4.98 Å². The molecule has 0 unspecified atom stereocenters. The summed E-state index contributed by atoms with van der Waals surface area (Å²) in [5, 5.41) is 2.93. The van der Waals surface area contributed by atoms with Gasteiger partial charge in [-0.05, 0) is 31.7 Å². The van der Waals surface area contributed by atoms with E-state index >= 15 is 0 Å². The first-order valence-electron chi connectivity index (χ1n) is 9.73. The van der Waals surface area contributed by atoms with Gasteiger partial charge < -0.3 is 14.8 Å². The predicted octanol–water partition coefficient (Wildman–Crippen LogP) is 1.15. The maximum absolute atomic E-state index is 13.0. The molecule has 26 heavy (non-hydrogen) atoms. The summed E-state index contributed by atoms with van der Waals surface area (Å²) >= 11 is 0. The first-order valence-corrected chi connectivity index (χ1v) is 9.73. The summed E-state index contributed by atoms with van der Waals surface area (Å²) in [6.45, 7) is 7.25. The van der Waals surface area contributed by atoms with Crippen molar-refractivity contribution in [3.63, 3.8) is 0 Å². The smallest absolute Gasteiger partial charge is 0.237 e. The highest BCUT2D eigenvalue weighted by Crippen LogP contribution is 2.29. The first kappa shape index (κ1) is 18.9. The molecule has 1 atom stereocenters. The first-order chi connectivity index (χ1) is 12.5. The van der Waals surface area contributed by atoms with Crippen molar-refractivity contribution >= 4 is 11.8 Å². The summed E-state index contributed by atoms with van der Waals surface area (Å²) in [6.07, 6.45) is 7.04. The van der Waals surface area contributed by atoms with Crippen LogP contribution in [0.2, 0.25) is 0 Å². The largest absolute Gasteiger partial charge is 0.353 e. The number of piperazine rings is 1. The third-order valence-electron chi connectivity index (χ3n) is 5.34. The van der Waals surface area contributed by atoms with Gasteiger partial charge in [-0.3, -0.25) is 14.5 Å². The molecule has 2 amide bonds. The van der Waals surface area contributed by atoms with Gasteiger partial charge in [-0.2, -0.15) is 0 Å². The zero-order valence-electron chi connectivity index (χ0n) is 16.1. The van der Waals surface area contributed by atoms with Gasteiger partial charge in [0.1, 0.15) is 5.82 Å². The summed E-state index contributed by atoms with van der Waals surface area (Å²) in [6, 6.07) is -0.0485. The minimum atomic E-state index is -0.349. The van der Waals surface area contributed by atoms with E-state index in [1.807, 2.05) is 22.7 Å². The van der Waals surface area contributed by atoms with Crippen LogP contribution >= 0.6 is 0 Å². The van der Waals surface area contributed by atoms with Crippen molar-refractivity contribution in [3.8, 4) is 0 Å². The van der Waals surface area contributed by atoms with E-state index in [-0.39, 0.29) is 24.3 Å². The molecule has 2 fully saturated rings. The van der Waals surface area contributed by atoms with Gasteiger partial charge in [0.15, 0.2) is 0 Å². The molecule has 1 N–H and O–H groups in total. The van der Waals surface area contributed by atoms with E-state index in [1.165, 1.54) is 0 Å². The molecule has 7 heteroatoms. The van der Waals surface area contributed by atoms with Gasteiger partial charge in [0.05, 0.1) is 19.0 Å². The maximum Gasteiger partial charge on any atom is 0.237 e. The van der Waals surface area contributed by atoms with E-state index < -0.39 is 0 Å². The third kappa shape index (κ3) is 4.63. The standard InChI is InChI=1S/C19H31N5O2/c1-14(2)6-9-23-11-8-21-19(26)16(23)12-18(25)24(15-4-5-15)13-17-20-7-10-22(17)3/h7,10,14-16H,4-6,8-9,11-13H2,1-3H3,(H,21,26)/t16-/m1/s1. The van der Waals surface area contributed by atoms with Crippen LogP contribution in [0.15, 0.2) is 12.4 Å². The second-order valence-electron chi connectivity index (χ2n) is 7.94. The fraction of sp³-hybridized carbons (Fsp3) is 0.737. The van der Waals surface area contributed by atoms with Crippen molar-refractivity contribution in [1.29, 1.82) is 0 Å². The number of nitrogens with one attached hydrogen (secondary N) is 1. The van der Waals surface area contributed by atoms with Crippen LogP contribution in [0.4, 0.5) is 0 Å². The molecule has 1 aliphatic heterocycles. The summed E-state index contributed by atoms with van der Waals surface area (Å²) in [5.74, 6) is 1.52. The van der Waals surface area contributed by atoms with Crippen molar-refractivity contribution < 1.29 is 9.59 Å². The normalized spacial score (nSPS) is 21.1. The Balaban J connectivity index is 1.66. The van der Waals surface area contributed by atoms with Crippen LogP contribution < -0.4 is 5.32 Å². The van der Waals surface area contributed by atoms with Crippen LogP contribution in [0.5, 0.6) is 0 Å². The molecule has 1 aliphatic carbocycles. The number of nitrogens with zero attached hydrogens (tertiary/aromatic N) is 4. The maximum atomic E-state index is 13.0. The highest BCUT2D eigenvalue weighted by molar-refractivity contribution is 5.89. The molecule has 1 aromatic heterocycles. The Kier molecular flexibility index (Phi) is 5.96. The fourth-order valence-electron chi connectivity index (χ4n) is 3.47. The Morgan fingerprint density at radius 3 is 2.81 bits per heavy atom. The second kappa shape index (κ2) is 8.20. The molecule has 7 nitrogen and oxygen atoms in total. The number of carbonyl (C=O) groups is 2. The summed E-state index contributed by atoms with van der Waals surface area (Å²) in [4.78, 5) is 33.9. The van der Waals surface area contributed by atoms with E-state index in [0.29, 0.717) is 25.0 Å². The molecule has 0 aromatic carbocycles. The molecule has 2 aliphatic rings. The molecule has 0 radical (unpaired) electrons. The minimum Gasteiger partial charge on any atom is -0.353 e. The van der Waals surface area contributed by atoms with Gasteiger partial charge >= 0.3 is 0 Å². The molecule has 0 bridgehead atoms. The average molecular weight is 361 g/mol. The Morgan fingerprint density at radius 2 is 2.19 bits per heavy atom. The van der Waals surface area contributed by atoms with Crippen LogP contribution in [0.1, 0.15) is 45.4 Å². The Bertz CT molecular complexity index is 638. The highest BCUT2D eigenvalue weighted by Gasteiger charge is 2.37.